The van der Waals surface area contributed by atoms with Crippen LogP contribution in [0, 0.1) is 24.1 Å². The van der Waals surface area contributed by atoms with Gasteiger partial charge in [0.15, 0.2) is 16.7 Å². The van der Waals surface area contributed by atoms with Gasteiger partial charge in [-0.1, -0.05) is 35.8 Å². The first-order valence-corrected chi connectivity index (χ1v) is 9.27. The van der Waals surface area contributed by atoms with Gasteiger partial charge in [0.1, 0.15) is 11.5 Å². The Balaban J connectivity index is 1.84. The molecule has 1 aromatic carbocycles. The molecule has 0 aliphatic rings. The Morgan fingerprint density at radius 3 is 2.80 bits per heavy atom. The topological polar surface area (TPSA) is 104 Å². The number of aryl methyl sites for hydroxylation is 1. The fraction of sp³-hybridized carbons (Fsp3) is 0.100. The van der Waals surface area contributed by atoms with E-state index >= 15 is 4.39 Å². The third-order valence-electron chi connectivity index (χ3n) is 3.94. The first-order chi connectivity index (χ1) is 14.3. The number of hydrogen-bond acceptors (Lipinski definition) is 5. The molecule has 0 bridgehead atoms. The van der Waals surface area contributed by atoms with Gasteiger partial charge in [-0.2, -0.15) is 5.26 Å². The van der Waals surface area contributed by atoms with Crippen molar-refractivity contribution in [3.8, 4) is 17.7 Å². The number of imidazole rings is 1. The van der Waals surface area contributed by atoms with E-state index in [0.717, 1.165) is 0 Å². The Morgan fingerprint density at radius 1 is 1.40 bits per heavy atom. The van der Waals surface area contributed by atoms with Crippen molar-refractivity contribution in [2.24, 2.45) is 0 Å². The normalized spacial score (nSPS) is 10.4. The minimum Gasteiger partial charge on any atom is -0.434 e. The second-order valence-corrected chi connectivity index (χ2v) is 6.82. The number of nitriles is 1. The van der Waals surface area contributed by atoms with E-state index in [1.54, 1.807) is 6.92 Å². The van der Waals surface area contributed by atoms with Crippen LogP contribution in [-0.2, 0) is 6.54 Å². The number of nitrogens with zero attached hydrogens (tertiary/aromatic N) is 3. The lowest BCUT2D eigenvalue weighted by molar-refractivity contribution is 0.0946. The number of ether oxygens (including phenoxy) is 1. The maximum Gasteiger partial charge on any atom is 0.271 e. The smallest absolute Gasteiger partial charge is 0.271 e. The second kappa shape index (κ2) is 8.95. The number of aromatic amines is 1. The van der Waals surface area contributed by atoms with Crippen molar-refractivity contribution in [1.82, 2.24) is 20.3 Å². The zero-order chi connectivity index (χ0) is 21.8. The molecule has 3 rings (SSSR count). The summed E-state index contributed by atoms with van der Waals surface area (Å²) in [4.78, 5) is 23.0. The van der Waals surface area contributed by atoms with Gasteiger partial charge in [-0.05, 0) is 25.1 Å². The molecule has 0 aliphatic heterocycles. The number of carbonyl (C=O) groups excluding carboxylic acids is 1. The summed E-state index contributed by atoms with van der Waals surface area (Å²) in [6.07, 6.45) is 1.43. The molecule has 10 heteroatoms. The SMILES string of the molecule is C=Cc1cc(C#N)cc(Oc2c(Cl)ccc(CNC(=O)c3[nH]c(C)nc3Cl)c2F)n1. The van der Waals surface area contributed by atoms with Crippen molar-refractivity contribution >= 4 is 35.2 Å². The van der Waals surface area contributed by atoms with Crippen LogP contribution >= 0.6 is 23.2 Å². The molecule has 2 N–H and O–H groups in total. The lowest BCUT2D eigenvalue weighted by Gasteiger charge is -2.12. The Hall–Kier alpha value is -3.41. The van der Waals surface area contributed by atoms with Gasteiger partial charge in [-0.15, -0.1) is 0 Å². The van der Waals surface area contributed by atoms with E-state index in [1.165, 1.54) is 30.3 Å². The molecule has 0 saturated heterocycles. The number of pyridine rings is 1. The zero-order valence-corrected chi connectivity index (χ0v) is 17.1. The summed E-state index contributed by atoms with van der Waals surface area (Å²) in [5.41, 5.74) is 0.849. The maximum absolute atomic E-state index is 15.0. The van der Waals surface area contributed by atoms with Crippen molar-refractivity contribution < 1.29 is 13.9 Å². The minimum absolute atomic E-state index is 0.000808. The molecule has 2 heterocycles. The first-order valence-electron chi connectivity index (χ1n) is 8.52. The number of rotatable bonds is 6. The lowest BCUT2D eigenvalue weighted by atomic mass is 10.2. The standard InChI is InChI=1S/C20H14Cl2FN5O2/c1-3-13-6-11(8-24)7-15(28-13)30-18-14(21)5-4-12(16(18)23)9-25-20(29)17-19(22)27-10(2)26-17/h3-7H,1,9H2,2H3,(H,25,29)(H,26,27). The number of halogens is 3. The highest BCUT2D eigenvalue weighted by molar-refractivity contribution is 6.32. The summed E-state index contributed by atoms with van der Waals surface area (Å²) in [6, 6.07) is 7.66. The van der Waals surface area contributed by atoms with Gasteiger partial charge in [0.25, 0.3) is 5.91 Å². The van der Waals surface area contributed by atoms with Gasteiger partial charge in [0.05, 0.1) is 22.3 Å². The van der Waals surface area contributed by atoms with Gasteiger partial charge in [-0.3, -0.25) is 4.79 Å². The van der Waals surface area contributed by atoms with E-state index in [2.05, 4.69) is 26.8 Å². The first kappa shape index (κ1) is 21.3. The van der Waals surface area contributed by atoms with Crippen LogP contribution in [0.5, 0.6) is 11.6 Å². The average molecular weight is 446 g/mol. The summed E-state index contributed by atoms with van der Waals surface area (Å²) < 4.78 is 20.5. The van der Waals surface area contributed by atoms with Crippen LogP contribution in [0.1, 0.15) is 33.1 Å². The lowest BCUT2D eigenvalue weighted by Crippen LogP contribution is -2.24. The average Bonchev–Trinajstić information content (AvgIpc) is 3.08. The molecule has 7 nitrogen and oxygen atoms in total. The minimum atomic E-state index is -0.779. The fourth-order valence-corrected chi connectivity index (χ4v) is 2.98. The van der Waals surface area contributed by atoms with Crippen molar-refractivity contribution in [3.63, 3.8) is 0 Å². The Kier molecular flexibility index (Phi) is 6.35. The van der Waals surface area contributed by atoms with Gasteiger partial charge >= 0.3 is 0 Å². The molecule has 3 aromatic rings. The fourth-order valence-electron chi connectivity index (χ4n) is 2.53. The number of carbonyl (C=O) groups is 1. The molecule has 0 radical (unpaired) electrons. The van der Waals surface area contributed by atoms with Crippen LogP contribution in [0.15, 0.2) is 30.8 Å². The Morgan fingerprint density at radius 2 is 2.17 bits per heavy atom. The molecule has 0 atom stereocenters. The maximum atomic E-state index is 15.0. The molecule has 0 saturated carbocycles. The molecule has 0 spiro atoms. The molecule has 1 amide bonds. The van der Waals surface area contributed by atoms with E-state index in [-0.39, 0.29) is 45.2 Å². The summed E-state index contributed by atoms with van der Waals surface area (Å²) in [5.74, 6) is -1.15. The van der Waals surface area contributed by atoms with E-state index in [1.807, 2.05) is 6.07 Å². The molecule has 152 valence electrons. The predicted molar refractivity (Wildman–Crippen MR) is 110 cm³/mol. The monoisotopic (exact) mass is 445 g/mol. The highest BCUT2D eigenvalue weighted by Gasteiger charge is 2.19. The third-order valence-corrected chi connectivity index (χ3v) is 4.51. The van der Waals surface area contributed by atoms with E-state index in [0.29, 0.717) is 11.5 Å². The van der Waals surface area contributed by atoms with E-state index in [4.69, 9.17) is 33.2 Å². The molecule has 0 aliphatic carbocycles. The highest BCUT2D eigenvalue weighted by Crippen LogP contribution is 2.34. The second-order valence-electron chi connectivity index (χ2n) is 6.06. The number of aromatic nitrogens is 3. The molecule has 0 unspecified atom stereocenters. The van der Waals surface area contributed by atoms with Crippen LogP contribution < -0.4 is 10.1 Å². The predicted octanol–water partition coefficient (Wildman–Crippen LogP) is 4.80. The van der Waals surface area contributed by atoms with Gasteiger partial charge in [-0.25, -0.2) is 14.4 Å². The van der Waals surface area contributed by atoms with Gasteiger partial charge in [0, 0.05) is 18.2 Å². The molecular formula is C20H14Cl2FN5O2. The third kappa shape index (κ3) is 4.59. The number of benzene rings is 1. The van der Waals surface area contributed by atoms with E-state index < -0.39 is 11.7 Å². The van der Waals surface area contributed by atoms with Crippen molar-refractivity contribution in [3.05, 3.63) is 75.2 Å². The summed E-state index contributed by atoms with van der Waals surface area (Å²) in [7, 11) is 0. The van der Waals surface area contributed by atoms with E-state index in [9.17, 15) is 4.79 Å². The quantitative estimate of drug-likeness (QED) is 0.567. The highest BCUT2D eigenvalue weighted by atomic mass is 35.5. The summed E-state index contributed by atoms with van der Waals surface area (Å²) >= 11 is 12.0. The van der Waals surface area contributed by atoms with Gasteiger partial charge in [0.2, 0.25) is 5.88 Å². The Bertz CT molecular complexity index is 1190. The molecule has 2 aromatic heterocycles. The number of hydrogen-bond donors (Lipinski definition) is 2. The van der Waals surface area contributed by atoms with Crippen LogP contribution in [-0.4, -0.2) is 20.9 Å². The van der Waals surface area contributed by atoms with Crippen LogP contribution in [0.3, 0.4) is 0 Å². The zero-order valence-electron chi connectivity index (χ0n) is 15.6. The molecule has 0 fully saturated rings. The number of nitrogens with one attached hydrogen (secondary N) is 2. The van der Waals surface area contributed by atoms with Crippen molar-refractivity contribution in [2.45, 2.75) is 13.5 Å². The summed E-state index contributed by atoms with van der Waals surface area (Å²) in [6.45, 7) is 5.09. The largest absolute Gasteiger partial charge is 0.434 e. The van der Waals surface area contributed by atoms with Crippen LogP contribution in [0.25, 0.3) is 6.08 Å². The Labute approximate surface area is 181 Å². The van der Waals surface area contributed by atoms with Crippen LogP contribution in [0.2, 0.25) is 10.2 Å². The van der Waals surface area contributed by atoms with Crippen molar-refractivity contribution in [2.75, 3.05) is 0 Å². The summed E-state index contributed by atoms with van der Waals surface area (Å²) in [5, 5.41) is 11.7. The van der Waals surface area contributed by atoms with Crippen molar-refractivity contribution in [1.29, 1.82) is 5.26 Å². The molecule has 30 heavy (non-hydrogen) atoms. The molecular weight excluding hydrogens is 432 g/mol. The number of H-pyrrole nitrogens is 1. The number of amides is 1. The van der Waals surface area contributed by atoms with Crippen LogP contribution in [0.4, 0.5) is 4.39 Å². The van der Waals surface area contributed by atoms with Gasteiger partial charge < -0.3 is 15.0 Å².